The summed E-state index contributed by atoms with van der Waals surface area (Å²) >= 11 is 5.86. The number of ether oxygens (including phenoxy) is 1. The Labute approximate surface area is 169 Å². The van der Waals surface area contributed by atoms with Gasteiger partial charge in [0.15, 0.2) is 6.61 Å². The summed E-state index contributed by atoms with van der Waals surface area (Å²) in [7, 11) is 1.68. The first-order valence-corrected chi connectivity index (χ1v) is 9.60. The number of nitrogens with one attached hydrogen (secondary N) is 1. The lowest BCUT2D eigenvalue weighted by Crippen LogP contribution is -2.30. The van der Waals surface area contributed by atoms with Crippen LogP contribution >= 0.6 is 11.6 Å². The normalized spacial score (nSPS) is 10.8. The smallest absolute Gasteiger partial charge is 0.306 e. The molecule has 146 valence electrons. The molecule has 28 heavy (non-hydrogen) atoms. The van der Waals surface area contributed by atoms with Crippen molar-refractivity contribution in [1.29, 1.82) is 0 Å². The summed E-state index contributed by atoms with van der Waals surface area (Å²) < 4.78 is 5.13. The largest absolute Gasteiger partial charge is 0.456 e. The molecule has 0 unspecified atom stereocenters. The van der Waals surface area contributed by atoms with Crippen LogP contribution < -0.4 is 0 Å². The van der Waals surface area contributed by atoms with Crippen LogP contribution in [0, 0.1) is 0 Å². The molecule has 1 N–H and O–H groups in total. The van der Waals surface area contributed by atoms with Crippen molar-refractivity contribution in [3.8, 4) is 0 Å². The highest BCUT2D eigenvalue weighted by Gasteiger charge is 2.13. The zero-order chi connectivity index (χ0) is 19.9. The predicted molar refractivity (Wildman–Crippen MR) is 110 cm³/mol. The fourth-order valence-electron chi connectivity index (χ4n) is 3.04. The second kappa shape index (κ2) is 9.42. The number of carbonyl (C=O) groups excluding carboxylic acids is 2. The van der Waals surface area contributed by atoms with Crippen LogP contribution in [-0.2, 0) is 27.3 Å². The molecule has 0 fully saturated rings. The van der Waals surface area contributed by atoms with Gasteiger partial charge in [0.1, 0.15) is 0 Å². The number of aromatic nitrogens is 1. The van der Waals surface area contributed by atoms with Gasteiger partial charge in [0.05, 0.1) is 0 Å². The van der Waals surface area contributed by atoms with Gasteiger partial charge in [-0.25, -0.2) is 0 Å². The topological polar surface area (TPSA) is 62.4 Å². The molecule has 3 aromatic rings. The number of likely N-dealkylation sites (N-methyl/N-ethyl adjacent to an activating group) is 1. The maximum Gasteiger partial charge on any atom is 0.306 e. The molecule has 0 bridgehead atoms. The minimum atomic E-state index is -0.354. The number of halogens is 1. The van der Waals surface area contributed by atoms with Crippen LogP contribution in [0.3, 0.4) is 0 Å². The molecule has 0 aliphatic rings. The highest BCUT2D eigenvalue weighted by molar-refractivity contribution is 6.30. The summed E-state index contributed by atoms with van der Waals surface area (Å²) in [6.45, 7) is 0.199. The molecule has 0 saturated heterocycles. The Morgan fingerprint density at radius 2 is 1.86 bits per heavy atom. The molecule has 0 saturated carbocycles. The number of aromatic amines is 1. The van der Waals surface area contributed by atoms with Crippen LogP contribution in [-0.4, -0.2) is 35.4 Å². The monoisotopic (exact) mass is 398 g/mol. The average molecular weight is 399 g/mol. The number of para-hydroxylation sites is 1. The van der Waals surface area contributed by atoms with Crippen molar-refractivity contribution >= 4 is 34.4 Å². The number of amides is 1. The number of benzene rings is 2. The lowest BCUT2D eigenvalue weighted by atomic mass is 10.1. The van der Waals surface area contributed by atoms with Crippen molar-refractivity contribution in [2.24, 2.45) is 0 Å². The summed E-state index contributed by atoms with van der Waals surface area (Å²) in [6, 6.07) is 15.4. The zero-order valence-electron chi connectivity index (χ0n) is 15.8. The summed E-state index contributed by atoms with van der Waals surface area (Å²) in [5.74, 6) is -0.590. The number of hydrogen-bond acceptors (Lipinski definition) is 3. The summed E-state index contributed by atoms with van der Waals surface area (Å²) in [4.78, 5) is 28.8. The van der Waals surface area contributed by atoms with Crippen molar-refractivity contribution in [2.75, 3.05) is 13.7 Å². The Bertz CT molecular complexity index is 950. The molecule has 0 radical (unpaired) electrons. The van der Waals surface area contributed by atoms with E-state index in [0.717, 1.165) is 17.5 Å². The Kier molecular flexibility index (Phi) is 6.71. The van der Waals surface area contributed by atoms with E-state index in [-0.39, 0.29) is 24.9 Å². The third-order valence-corrected chi connectivity index (χ3v) is 4.87. The van der Waals surface area contributed by atoms with E-state index in [1.807, 2.05) is 36.5 Å². The number of carbonyl (C=O) groups is 2. The fraction of sp³-hybridized carbons (Fsp3) is 0.273. The number of fused-ring (bicyclic) bond motifs is 1. The first-order chi connectivity index (χ1) is 13.5. The van der Waals surface area contributed by atoms with E-state index in [1.165, 1.54) is 15.8 Å². The average Bonchev–Trinajstić information content (AvgIpc) is 3.11. The maximum atomic E-state index is 12.1. The van der Waals surface area contributed by atoms with E-state index in [4.69, 9.17) is 16.3 Å². The predicted octanol–water partition coefficient (Wildman–Crippen LogP) is 4.35. The van der Waals surface area contributed by atoms with Gasteiger partial charge in [-0.3, -0.25) is 9.59 Å². The number of H-pyrrole nitrogens is 1. The van der Waals surface area contributed by atoms with Gasteiger partial charge >= 0.3 is 5.97 Å². The molecule has 1 amide bonds. The number of aryl methyl sites for hydroxylation is 1. The van der Waals surface area contributed by atoms with E-state index < -0.39 is 0 Å². The summed E-state index contributed by atoms with van der Waals surface area (Å²) in [5, 5.41) is 1.83. The fourth-order valence-corrected chi connectivity index (χ4v) is 3.16. The second-order valence-electron chi connectivity index (χ2n) is 6.75. The van der Waals surface area contributed by atoms with Crippen molar-refractivity contribution < 1.29 is 14.3 Å². The van der Waals surface area contributed by atoms with Crippen LogP contribution in [0.1, 0.15) is 24.0 Å². The maximum absolute atomic E-state index is 12.1. The van der Waals surface area contributed by atoms with E-state index in [9.17, 15) is 9.59 Å². The Morgan fingerprint density at radius 1 is 1.11 bits per heavy atom. The van der Waals surface area contributed by atoms with Gasteiger partial charge in [-0.1, -0.05) is 41.9 Å². The van der Waals surface area contributed by atoms with Gasteiger partial charge in [0.2, 0.25) is 0 Å². The third kappa shape index (κ3) is 5.36. The van der Waals surface area contributed by atoms with Gasteiger partial charge in [-0.2, -0.15) is 0 Å². The van der Waals surface area contributed by atoms with E-state index in [2.05, 4.69) is 11.1 Å². The SMILES string of the molecule is CN(Cc1ccc(Cl)cc1)C(=O)COC(=O)CCCc1c[nH]c2ccccc12. The molecule has 5 nitrogen and oxygen atoms in total. The highest BCUT2D eigenvalue weighted by Crippen LogP contribution is 2.19. The quantitative estimate of drug-likeness (QED) is 0.574. The Balaban J connectivity index is 1.38. The second-order valence-corrected chi connectivity index (χ2v) is 7.19. The van der Waals surface area contributed by atoms with Gasteiger partial charge in [-0.05, 0) is 42.2 Å². The molecule has 1 aromatic heterocycles. The number of esters is 1. The van der Waals surface area contributed by atoms with Crippen molar-refractivity contribution in [3.63, 3.8) is 0 Å². The molecule has 1 heterocycles. The van der Waals surface area contributed by atoms with E-state index in [1.54, 1.807) is 19.2 Å². The van der Waals surface area contributed by atoms with Crippen molar-refractivity contribution in [3.05, 3.63) is 70.9 Å². The van der Waals surface area contributed by atoms with Crippen LogP contribution in [0.15, 0.2) is 54.7 Å². The van der Waals surface area contributed by atoms with Gasteiger partial charge in [0, 0.05) is 42.1 Å². The molecule has 0 atom stereocenters. The first kappa shape index (κ1) is 20.0. The highest BCUT2D eigenvalue weighted by atomic mass is 35.5. The van der Waals surface area contributed by atoms with Crippen LogP contribution in [0.4, 0.5) is 0 Å². The molecular weight excluding hydrogens is 376 g/mol. The van der Waals surface area contributed by atoms with Gasteiger partial charge in [-0.15, -0.1) is 0 Å². The lowest BCUT2D eigenvalue weighted by Gasteiger charge is -2.17. The zero-order valence-corrected chi connectivity index (χ0v) is 16.5. The molecule has 0 spiro atoms. The van der Waals surface area contributed by atoms with Crippen molar-refractivity contribution in [1.82, 2.24) is 9.88 Å². The first-order valence-electron chi connectivity index (χ1n) is 9.22. The van der Waals surface area contributed by atoms with Crippen LogP contribution in [0.5, 0.6) is 0 Å². The molecule has 0 aliphatic heterocycles. The van der Waals surface area contributed by atoms with Crippen LogP contribution in [0.2, 0.25) is 5.02 Å². The third-order valence-electron chi connectivity index (χ3n) is 4.62. The number of hydrogen-bond donors (Lipinski definition) is 1. The molecule has 6 heteroatoms. The number of nitrogens with zero attached hydrogens (tertiary/aromatic N) is 1. The number of rotatable bonds is 8. The molecule has 3 rings (SSSR count). The van der Waals surface area contributed by atoms with E-state index in [0.29, 0.717) is 18.0 Å². The summed E-state index contributed by atoms with van der Waals surface area (Å²) in [6.07, 6.45) is 3.72. The van der Waals surface area contributed by atoms with Crippen molar-refractivity contribution in [2.45, 2.75) is 25.8 Å². The molecular formula is C22H23ClN2O3. The standard InChI is InChI=1S/C22H23ClN2O3/c1-25(14-16-9-11-18(23)12-10-16)21(26)15-28-22(27)8-4-5-17-13-24-20-7-3-2-6-19(17)20/h2-3,6-7,9-13,24H,4-5,8,14-15H2,1H3. The minimum absolute atomic E-state index is 0.236. The van der Waals surface area contributed by atoms with Gasteiger partial charge in [0.25, 0.3) is 5.91 Å². The van der Waals surface area contributed by atoms with Crippen LogP contribution in [0.25, 0.3) is 10.9 Å². The molecule has 2 aromatic carbocycles. The Hall–Kier alpha value is -2.79. The van der Waals surface area contributed by atoms with E-state index >= 15 is 0 Å². The summed E-state index contributed by atoms with van der Waals surface area (Å²) in [5.41, 5.74) is 3.24. The minimum Gasteiger partial charge on any atom is -0.456 e. The lowest BCUT2D eigenvalue weighted by molar-refractivity contribution is -0.151. The van der Waals surface area contributed by atoms with Gasteiger partial charge < -0.3 is 14.6 Å². The molecule has 0 aliphatic carbocycles. The Morgan fingerprint density at radius 3 is 2.64 bits per heavy atom.